The van der Waals surface area contributed by atoms with Gasteiger partial charge in [0, 0.05) is 11.8 Å². The predicted molar refractivity (Wildman–Crippen MR) is 76.3 cm³/mol. The first-order valence-corrected chi connectivity index (χ1v) is 6.45. The number of rotatable bonds is 4. The van der Waals surface area contributed by atoms with Crippen LogP contribution in [0.4, 0.5) is 14.5 Å². The standard InChI is InChI=1S/C16H15F2NO2/c1-10-4-3-5-12(8-10)19-16(20)11(2)21-13-6-7-14(17)15(18)9-13/h3-9,11H,1-2H3,(H,19,20)/t11-/m1/s1. The Morgan fingerprint density at radius 2 is 1.90 bits per heavy atom. The zero-order valence-corrected chi connectivity index (χ0v) is 11.7. The molecule has 1 amide bonds. The first kappa shape index (κ1) is 15.0. The van der Waals surface area contributed by atoms with Gasteiger partial charge in [-0.3, -0.25) is 4.79 Å². The lowest BCUT2D eigenvalue weighted by Gasteiger charge is -2.15. The molecule has 0 saturated carbocycles. The van der Waals surface area contributed by atoms with E-state index in [4.69, 9.17) is 4.74 Å². The number of benzene rings is 2. The van der Waals surface area contributed by atoms with Crippen molar-refractivity contribution < 1.29 is 18.3 Å². The molecule has 2 aromatic rings. The molecule has 0 aliphatic heterocycles. The normalized spacial score (nSPS) is 11.8. The molecule has 0 unspecified atom stereocenters. The lowest BCUT2D eigenvalue weighted by molar-refractivity contribution is -0.122. The van der Waals surface area contributed by atoms with E-state index >= 15 is 0 Å². The molecule has 0 spiro atoms. The summed E-state index contributed by atoms with van der Waals surface area (Å²) in [5.41, 5.74) is 1.67. The summed E-state index contributed by atoms with van der Waals surface area (Å²) < 4.78 is 31.2. The third-order valence-electron chi connectivity index (χ3n) is 2.86. The highest BCUT2D eigenvalue weighted by Crippen LogP contribution is 2.17. The highest BCUT2D eigenvalue weighted by Gasteiger charge is 2.15. The van der Waals surface area contributed by atoms with Crippen LogP contribution in [0.5, 0.6) is 5.75 Å². The van der Waals surface area contributed by atoms with Gasteiger partial charge < -0.3 is 10.1 Å². The van der Waals surface area contributed by atoms with Gasteiger partial charge in [-0.05, 0) is 43.7 Å². The number of halogens is 2. The van der Waals surface area contributed by atoms with E-state index in [1.54, 1.807) is 6.07 Å². The van der Waals surface area contributed by atoms with Gasteiger partial charge in [0.25, 0.3) is 5.91 Å². The van der Waals surface area contributed by atoms with E-state index in [0.29, 0.717) is 5.69 Å². The first-order chi connectivity index (χ1) is 9.95. The zero-order chi connectivity index (χ0) is 15.4. The van der Waals surface area contributed by atoms with E-state index < -0.39 is 17.7 Å². The molecule has 0 aliphatic carbocycles. The van der Waals surface area contributed by atoms with Crippen molar-refractivity contribution in [3.63, 3.8) is 0 Å². The molecule has 3 nitrogen and oxygen atoms in total. The van der Waals surface area contributed by atoms with Crippen LogP contribution in [0.25, 0.3) is 0 Å². The monoisotopic (exact) mass is 291 g/mol. The Bertz CT molecular complexity index is 658. The topological polar surface area (TPSA) is 38.3 Å². The number of hydrogen-bond acceptors (Lipinski definition) is 2. The molecule has 0 aromatic heterocycles. The van der Waals surface area contributed by atoms with Crippen molar-refractivity contribution in [1.82, 2.24) is 0 Å². The van der Waals surface area contributed by atoms with Crippen LogP contribution in [-0.4, -0.2) is 12.0 Å². The van der Waals surface area contributed by atoms with E-state index in [-0.39, 0.29) is 11.7 Å². The molecule has 2 rings (SSSR count). The van der Waals surface area contributed by atoms with Crippen molar-refractivity contribution in [2.24, 2.45) is 0 Å². The van der Waals surface area contributed by atoms with Gasteiger partial charge in [-0.1, -0.05) is 12.1 Å². The van der Waals surface area contributed by atoms with E-state index in [9.17, 15) is 13.6 Å². The van der Waals surface area contributed by atoms with Crippen molar-refractivity contribution >= 4 is 11.6 Å². The minimum atomic E-state index is -1.02. The highest BCUT2D eigenvalue weighted by atomic mass is 19.2. The Morgan fingerprint density at radius 3 is 2.57 bits per heavy atom. The van der Waals surface area contributed by atoms with Crippen LogP contribution < -0.4 is 10.1 Å². The van der Waals surface area contributed by atoms with Crippen LogP contribution in [0.3, 0.4) is 0 Å². The Balaban J connectivity index is 2.00. The van der Waals surface area contributed by atoms with E-state index in [2.05, 4.69) is 5.32 Å². The van der Waals surface area contributed by atoms with Crippen LogP contribution in [-0.2, 0) is 4.79 Å². The second-order valence-corrected chi connectivity index (χ2v) is 4.69. The molecule has 5 heteroatoms. The summed E-state index contributed by atoms with van der Waals surface area (Å²) in [7, 11) is 0. The van der Waals surface area contributed by atoms with Gasteiger partial charge in [-0.15, -0.1) is 0 Å². The minimum Gasteiger partial charge on any atom is -0.481 e. The molecule has 0 fully saturated rings. The number of carbonyl (C=O) groups is 1. The Labute approximate surface area is 121 Å². The maximum absolute atomic E-state index is 13.1. The Morgan fingerprint density at radius 1 is 1.14 bits per heavy atom. The number of anilines is 1. The molecule has 0 radical (unpaired) electrons. The molecule has 110 valence electrons. The molecule has 1 atom stereocenters. The summed E-state index contributed by atoms with van der Waals surface area (Å²) in [6.07, 6.45) is -0.838. The average Bonchev–Trinajstić information content (AvgIpc) is 2.43. The zero-order valence-electron chi connectivity index (χ0n) is 11.7. The quantitative estimate of drug-likeness (QED) is 0.933. The number of hydrogen-bond donors (Lipinski definition) is 1. The van der Waals surface area contributed by atoms with Gasteiger partial charge in [0.2, 0.25) is 0 Å². The number of nitrogens with one attached hydrogen (secondary N) is 1. The predicted octanol–water partition coefficient (Wildman–Crippen LogP) is 3.68. The second kappa shape index (κ2) is 6.35. The van der Waals surface area contributed by atoms with Crippen LogP contribution >= 0.6 is 0 Å². The van der Waals surface area contributed by atoms with Crippen LogP contribution in [0.1, 0.15) is 12.5 Å². The van der Waals surface area contributed by atoms with Crippen molar-refractivity contribution in [3.8, 4) is 5.75 Å². The molecule has 21 heavy (non-hydrogen) atoms. The summed E-state index contributed by atoms with van der Waals surface area (Å²) in [5, 5.41) is 2.70. The summed E-state index contributed by atoms with van der Waals surface area (Å²) in [4.78, 5) is 12.0. The molecule has 2 aromatic carbocycles. The average molecular weight is 291 g/mol. The fraction of sp³-hybridized carbons (Fsp3) is 0.188. The van der Waals surface area contributed by atoms with Crippen LogP contribution in [0.2, 0.25) is 0 Å². The fourth-order valence-corrected chi connectivity index (χ4v) is 1.77. The van der Waals surface area contributed by atoms with Gasteiger partial charge in [-0.2, -0.15) is 0 Å². The van der Waals surface area contributed by atoms with Gasteiger partial charge in [-0.25, -0.2) is 8.78 Å². The number of amides is 1. The van der Waals surface area contributed by atoms with Crippen molar-refractivity contribution in [2.75, 3.05) is 5.32 Å². The Kier molecular flexibility index (Phi) is 4.52. The van der Waals surface area contributed by atoms with Crippen molar-refractivity contribution in [3.05, 3.63) is 59.7 Å². The summed E-state index contributed by atoms with van der Waals surface area (Å²) >= 11 is 0. The third-order valence-corrected chi connectivity index (χ3v) is 2.86. The molecule has 0 heterocycles. The molecule has 0 aliphatic rings. The van der Waals surface area contributed by atoms with Gasteiger partial charge in [0.1, 0.15) is 5.75 Å². The number of ether oxygens (including phenoxy) is 1. The van der Waals surface area contributed by atoms with Crippen molar-refractivity contribution in [2.45, 2.75) is 20.0 Å². The number of aryl methyl sites for hydroxylation is 1. The molecular formula is C16H15F2NO2. The second-order valence-electron chi connectivity index (χ2n) is 4.69. The van der Waals surface area contributed by atoms with Gasteiger partial charge >= 0.3 is 0 Å². The van der Waals surface area contributed by atoms with E-state index in [0.717, 1.165) is 17.7 Å². The third kappa shape index (κ3) is 4.02. The SMILES string of the molecule is Cc1cccc(NC(=O)[C@@H](C)Oc2ccc(F)c(F)c2)c1. The minimum absolute atomic E-state index is 0.0980. The summed E-state index contributed by atoms with van der Waals surface area (Å²) in [5.74, 6) is -2.25. The molecule has 0 saturated heterocycles. The summed E-state index contributed by atoms with van der Waals surface area (Å²) in [6.45, 7) is 3.45. The van der Waals surface area contributed by atoms with E-state index in [1.807, 2.05) is 25.1 Å². The summed E-state index contributed by atoms with van der Waals surface area (Å²) in [6, 6.07) is 10.5. The molecular weight excluding hydrogens is 276 g/mol. The maximum Gasteiger partial charge on any atom is 0.265 e. The first-order valence-electron chi connectivity index (χ1n) is 6.45. The van der Waals surface area contributed by atoms with Crippen LogP contribution in [0, 0.1) is 18.6 Å². The highest BCUT2D eigenvalue weighted by molar-refractivity contribution is 5.94. The molecule has 0 bridgehead atoms. The lowest BCUT2D eigenvalue weighted by atomic mass is 10.2. The molecule has 1 N–H and O–H groups in total. The van der Waals surface area contributed by atoms with E-state index in [1.165, 1.54) is 13.0 Å². The fourth-order valence-electron chi connectivity index (χ4n) is 1.77. The van der Waals surface area contributed by atoms with Gasteiger partial charge in [0.05, 0.1) is 0 Å². The van der Waals surface area contributed by atoms with Crippen LogP contribution in [0.15, 0.2) is 42.5 Å². The van der Waals surface area contributed by atoms with Crippen molar-refractivity contribution in [1.29, 1.82) is 0 Å². The lowest BCUT2D eigenvalue weighted by Crippen LogP contribution is -2.30. The van der Waals surface area contributed by atoms with Gasteiger partial charge in [0.15, 0.2) is 17.7 Å². The largest absolute Gasteiger partial charge is 0.481 e. The number of carbonyl (C=O) groups excluding carboxylic acids is 1. The maximum atomic E-state index is 13.1. The smallest absolute Gasteiger partial charge is 0.265 e. The Hall–Kier alpha value is -2.43.